The molecule has 0 spiro atoms. The summed E-state index contributed by atoms with van der Waals surface area (Å²) in [4.78, 5) is 12.7. The lowest BCUT2D eigenvalue weighted by molar-refractivity contribution is -0.167. The number of carbonyl (C=O) groups is 1. The summed E-state index contributed by atoms with van der Waals surface area (Å²) in [6.07, 6.45) is -3.43. The Morgan fingerprint density at radius 3 is 2.58 bits per heavy atom. The van der Waals surface area contributed by atoms with Gasteiger partial charge in [-0.3, -0.25) is 4.79 Å². The molecule has 0 aliphatic heterocycles. The lowest BCUT2D eigenvalue weighted by atomic mass is 10.5. The molecule has 0 aromatic carbocycles. The minimum absolute atomic E-state index is 0.0253. The zero-order valence-electron chi connectivity index (χ0n) is 5.77. The highest BCUT2D eigenvalue weighted by atomic mass is 19.4. The Morgan fingerprint density at radius 1 is 1.50 bits per heavy atom. The number of hydrogen-bond acceptors (Lipinski definition) is 1. The van der Waals surface area contributed by atoms with Gasteiger partial charge in [0.05, 0.1) is 0 Å². The van der Waals surface area contributed by atoms with Crippen molar-refractivity contribution in [2.45, 2.75) is 6.18 Å². The Kier molecular flexibility index (Phi) is 2.07. The second-order valence-electron chi connectivity index (χ2n) is 2.04. The van der Waals surface area contributed by atoms with Crippen molar-refractivity contribution in [2.75, 3.05) is 5.32 Å². The van der Waals surface area contributed by atoms with Crippen molar-refractivity contribution in [3.63, 3.8) is 0 Å². The fourth-order valence-electron chi connectivity index (χ4n) is 0.601. The van der Waals surface area contributed by atoms with Gasteiger partial charge in [0.15, 0.2) is 0 Å². The molecule has 1 rings (SSSR count). The molecule has 0 aliphatic rings. The highest BCUT2D eigenvalue weighted by Gasteiger charge is 2.38. The van der Waals surface area contributed by atoms with Crippen molar-refractivity contribution in [1.29, 1.82) is 0 Å². The Hall–Kier alpha value is -1.46. The van der Waals surface area contributed by atoms with Gasteiger partial charge in [0.2, 0.25) is 0 Å². The standard InChI is InChI=1S/C6H5F3N2O/c7-6(8,9)5(12)11-4-2-1-3-10-4/h1-3,10H,(H,11,12). The van der Waals surface area contributed by atoms with Crippen LogP contribution in [0.5, 0.6) is 0 Å². The largest absolute Gasteiger partial charge is 0.471 e. The number of aromatic amines is 1. The zero-order chi connectivity index (χ0) is 9.19. The van der Waals surface area contributed by atoms with Crippen LogP contribution in [0.15, 0.2) is 18.3 Å². The van der Waals surface area contributed by atoms with Crippen molar-refractivity contribution >= 4 is 11.7 Å². The molecule has 1 heterocycles. The van der Waals surface area contributed by atoms with Gasteiger partial charge >= 0.3 is 12.1 Å². The summed E-state index contributed by atoms with van der Waals surface area (Å²) in [7, 11) is 0. The van der Waals surface area contributed by atoms with E-state index < -0.39 is 12.1 Å². The van der Waals surface area contributed by atoms with Gasteiger partial charge in [0, 0.05) is 6.20 Å². The van der Waals surface area contributed by atoms with E-state index in [-0.39, 0.29) is 5.82 Å². The molecule has 0 aliphatic carbocycles. The van der Waals surface area contributed by atoms with Crippen LogP contribution in [0, 0.1) is 0 Å². The van der Waals surface area contributed by atoms with Crippen LogP contribution in [0.3, 0.4) is 0 Å². The highest BCUT2D eigenvalue weighted by molar-refractivity contribution is 5.94. The summed E-state index contributed by atoms with van der Waals surface area (Å²) < 4.78 is 34.8. The van der Waals surface area contributed by atoms with E-state index in [9.17, 15) is 18.0 Å². The van der Waals surface area contributed by atoms with Gasteiger partial charge in [0.25, 0.3) is 0 Å². The van der Waals surface area contributed by atoms with Crippen LogP contribution >= 0.6 is 0 Å². The molecule has 6 heteroatoms. The summed E-state index contributed by atoms with van der Waals surface area (Å²) in [6, 6.07) is 2.80. The molecule has 0 saturated heterocycles. The van der Waals surface area contributed by atoms with Crippen molar-refractivity contribution in [3.05, 3.63) is 18.3 Å². The minimum Gasteiger partial charge on any atom is -0.348 e. The van der Waals surface area contributed by atoms with E-state index in [2.05, 4.69) is 4.98 Å². The summed E-state index contributed by atoms with van der Waals surface area (Å²) in [6.45, 7) is 0. The number of anilines is 1. The summed E-state index contributed by atoms with van der Waals surface area (Å²) >= 11 is 0. The second-order valence-corrected chi connectivity index (χ2v) is 2.04. The number of carbonyl (C=O) groups excluding carboxylic acids is 1. The van der Waals surface area contributed by atoms with Crippen molar-refractivity contribution in [2.24, 2.45) is 0 Å². The van der Waals surface area contributed by atoms with Gasteiger partial charge in [-0.05, 0) is 12.1 Å². The average molecular weight is 178 g/mol. The van der Waals surface area contributed by atoms with Gasteiger partial charge in [-0.25, -0.2) is 0 Å². The van der Waals surface area contributed by atoms with Crippen LogP contribution < -0.4 is 5.32 Å². The normalized spacial score (nSPS) is 11.2. The predicted molar refractivity (Wildman–Crippen MR) is 35.5 cm³/mol. The summed E-state index contributed by atoms with van der Waals surface area (Å²) in [5.74, 6) is -1.96. The maximum Gasteiger partial charge on any atom is 0.471 e. The highest BCUT2D eigenvalue weighted by Crippen LogP contribution is 2.16. The first-order valence-corrected chi connectivity index (χ1v) is 3.02. The van der Waals surface area contributed by atoms with Crippen molar-refractivity contribution < 1.29 is 18.0 Å². The molecule has 1 aromatic rings. The molecular formula is C6H5F3N2O. The number of halogens is 3. The van der Waals surface area contributed by atoms with Crippen LogP contribution in [0.2, 0.25) is 0 Å². The summed E-state index contributed by atoms with van der Waals surface area (Å²) in [5.41, 5.74) is 0. The molecule has 1 amide bonds. The first-order chi connectivity index (χ1) is 5.50. The number of alkyl halides is 3. The molecular weight excluding hydrogens is 173 g/mol. The van der Waals surface area contributed by atoms with Crippen LogP contribution in [0.1, 0.15) is 0 Å². The topological polar surface area (TPSA) is 44.9 Å². The molecule has 0 fully saturated rings. The number of nitrogens with one attached hydrogen (secondary N) is 2. The maximum absolute atomic E-state index is 11.6. The van der Waals surface area contributed by atoms with E-state index >= 15 is 0 Å². The Labute approximate surface area is 65.6 Å². The number of H-pyrrole nitrogens is 1. The lowest BCUT2D eigenvalue weighted by Gasteiger charge is -2.04. The first-order valence-electron chi connectivity index (χ1n) is 3.02. The predicted octanol–water partition coefficient (Wildman–Crippen LogP) is 1.52. The fourth-order valence-corrected chi connectivity index (χ4v) is 0.601. The Morgan fingerprint density at radius 2 is 2.17 bits per heavy atom. The lowest BCUT2D eigenvalue weighted by Crippen LogP contribution is -2.29. The van der Waals surface area contributed by atoms with Crippen molar-refractivity contribution in [3.8, 4) is 0 Å². The second kappa shape index (κ2) is 2.88. The monoisotopic (exact) mass is 178 g/mol. The van der Waals surface area contributed by atoms with Gasteiger partial charge in [0.1, 0.15) is 5.82 Å². The van der Waals surface area contributed by atoms with Gasteiger partial charge in [-0.2, -0.15) is 13.2 Å². The molecule has 3 nitrogen and oxygen atoms in total. The molecule has 0 radical (unpaired) electrons. The molecule has 0 bridgehead atoms. The molecule has 2 N–H and O–H groups in total. The zero-order valence-corrected chi connectivity index (χ0v) is 5.77. The van der Waals surface area contributed by atoms with Crippen LogP contribution in [0.4, 0.5) is 19.0 Å². The quantitative estimate of drug-likeness (QED) is 0.672. The number of rotatable bonds is 1. The van der Waals surface area contributed by atoms with Gasteiger partial charge < -0.3 is 10.3 Å². The van der Waals surface area contributed by atoms with E-state index in [4.69, 9.17) is 0 Å². The third-order valence-corrected chi connectivity index (χ3v) is 1.10. The van der Waals surface area contributed by atoms with Gasteiger partial charge in [-0.1, -0.05) is 0 Å². The van der Waals surface area contributed by atoms with E-state index in [1.165, 1.54) is 18.3 Å². The molecule has 0 saturated carbocycles. The van der Waals surface area contributed by atoms with Crippen LogP contribution in [0.25, 0.3) is 0 Å². The molecule has 66 valence electrons. The molecule has 0 atom stereocenters. The average Bonchev–Trinajstić information content (AvgIpc) is 2.37. The van der Waals surface area contributed by atoms with Crippen LogP contribution in [-0.2, 0) is 4.79 Å². The Bertz CT molecular complexity index is 265. The Balaban J connectivity index is 2.60. The molecule has 12 heavy (non-hydrogen) atoms. The van der Waals surface area contributed by atoms with E-state index in [0.29, 0.717) is 0 Å². The minimum atomic E-state index is -4.84. The van der Waals surface area contributed by atoms with E-state index in [1.807, 2.05) is 0 Å². The van der Waals surface area contributed by atoms with Gasteiger partial charge in [-0.15, -0.1) is 0 Å². The number of amides is 1. The number of aromatic nitrogens is 1. The SMILES string of the molecule is O=C(Nc1ccc[nH]1)C(F)(F)F. The van der Waals surface area contributed by atoms with Crippen molar-refractivity contribution in [1.82, 2.24) is 4.98 Å². The fraction of sp³-hybridized carbons (Fsp3) is 0.167. The number of hydrogen-bond donors (Lipinski definition) is 2. The van der Waals surface area contributed by atoms with E-state index in [0.717, 1.165) is 0 Å². The van der Waals surface area contributed by atoms with E-state index in [1.54, 1.807) is 5.32 Å². The first kappa shape index (κ1) is 8.63. The maximum atomic E-state index is 11.6. The molecule has 1 aromatic heterocycles. The summed E-state index contributed by atoms with van der Waals surface area (Å²) in [5, 5.41) is 1.64. The van der Waals surface area contributed by atoms with Crippen LogP contribution in [-0.4, -0.2) is 17.1 Å². The third-order valence-electron chi connectivity index (χ3n) is 1.10. The molecule has 0 unspecified atom stereocenters. The third kappa shape index (κ3) is 2.01. The smallest absolute Gasteiger partial charge is 0.348 e.